The van der Waals surface area contributed by atoms with Crippen molar-refractivity contribution in [2.24, 2.45) is 13.0 Å². The maximum atomic E-state index is 12.3. The highest BCUT2D eigenvalue weighted by atomic mass is 32.2. The number of aryl methyl sites for hydroxylation is 2. The minimum atomic E-state index is 0.0694. The number of aromatic nitrogens is 3. The topological polar surface area (TPSA) is 69.0 Å². The Morgan fingerprint density at radius 3 is 2.86 bits per heavy atom. The molecule has 1 aliphatic rings. The first-order chi connectivity index (χ1) is 13.4. The van der Waals surface area contributed by atoms with Crippen LogP contribution in [0.15, 0.2) is 23.4 Å². The van der Waals surface area contributed by atoms with Gasteiger partial charge in [0.25, 0.3) is 0 Å². The summed E-state index contributed by atoms with van der Waals surface area (Å²) in [7, 11) is 1.91. The van der Waals surface area contributed by atoms with Crippen molar-refractivity contribution in [1.29, 1.82) is 0 Å². The lowest BCUT2D eigenvalue weighted by Crippen LogP contribution is -2.41. The highest BCUT2D eigenvalue weighted by molar-refractivity contribution is 7.99. The van der Waals surface area contributed by atoms with Crippen molar-refractivity contribution in [3.05, 3.63) is 35.2 Å². The van der Waals surface area contributed by atoms with E-state index in [1.807, 2.05) is 31.5 Å². The second-order valence-electron chi connectivity index (χ2n) is 7.74. The summed E-state index contributed by atoms with van der Waals surface area (Å²) in [6.07, 6.45) is 4.76. The van der Waals surface area contributed by atoms with Crippen molar-refractivity contribution in [1.82, 2.24) is 20.1 Å². The lowest BCUT2D eigenvalue weighted by atomic mass is 9.86. The monoisotopic (exact) mass is 402 g/mol. The molecule has 6 nitrogen and oxygen atoms in total. The van der Waals surface area contributed by atoms with E-state index >= 15 is 0 Å². The van der Waals surface area contributed by atoms with Gasteiger partial charge in [-0.1, -0.05) is 43.7 Å². The Bertz CT molecular complexity index is 821. The normalized spacial score (nSPS) is 19.4. The second-order valence-corrected chi connectivity index (χ2v) is 8.68. The van der Waals surface area contributed by atoms with E-state index in [0.29, 0.717) is 24.3 Å². The third-order valence-electron chi connectivity index (χ3n) is 5.42. The minimum absolute atomic E-state index is 0.0694. The Kier molecular flexibility index (Phi) is 6.99. The first-order valence-corrected chi connectivity index (χ1v) is 10.9. The van der Waals surface area contributed by atoms with Crippen LogP contribution in [0.5, 0.6) is 5.75 Å². The molecule has 1 aliphatic carbocycles. The highest BCUT2D eigenvalue weighted by Crippen LogP contribution is 2.24. The largest absolute Gasteiger partial charge is 0.485 e. The molecular weight excluding hydrogens is 372 g/mol. The molecule has 28 heavy (non-hydrogen) atoms. The van der Waals surface area contributed by atoms with Crippen molar-refractivity contribution < 1.29 is 9.53 Å². The number of carbonyl (C=O) groups is 1. The summed E-state index contributed by atoms with van der Waals surface area (Å²) in [6.45, 7) is 6.64. The van der Waals surface area contributed by atoms with Crippen LogP contribution in [0.4, 0.5) is 0 Å². The molecule has 1 saturated carbocycles. The van der Waals surface area contributed by atoms with Gasteiger partial charge in [-0.25, -0.2) is 0 Å². The summed E-state index contributed by atoms with van der Waals surface area (Å²) in [6, 6.07) is 6.45. The molecule has 0 bridgehead atoms. The van der Waals surface area contributed by atoms with Crippen molar-refractivity contribution >= 4 is 17.7 Å². The standard InChI is InChI=1S/C21H30N4O2S/c1-14-9-10-16(3)18(11-14)27-12-19-23-24-21(25(19)4)28-13-20(26)22-17-8-6-5-7-15(17)2/h9-11,15,17H,5-8,12-13H2,1-4H3,(H,22,26)/t15-,17-/m0/s1. The first kappa shape index (κ1) is 20.7. The Labute approximate surface area is 171 Å². The van der Waals surface area contributed by atoms with E-state index in [9.17, 15) is 4.79 Å². The number of nitrogens with one attached hydrogen (secondary N) is 1. The molecule has 0 unspecified atom stereocenters. The smallest absolute Gasteiger partial charge is 0.230 e. The zero-order valence-electron chi connectivity index (χ0n) is 17.2. The van der Waals surface area contributed by atoms with E-state index in [1.54, 1.807) is 0 Å². The van der Waals surface area contributed by atoms with E-state index in [1.165, 1.54) is 31.0 Å². The third kappa shape index (κ3) is 5.28. The number of rotatable bonds is 7. The number of benzene rings is 1. The fourth-order valence-electron chi connectivity index (χ4n) is 3.51. The Hall–Kier alpha value is -2.02. The van der Waals surface area contributed by atoms with Crippen molar-refractivity contribution in [2.45, 2.75) is 64.3 Å². The number of amides is 1. The number of thioether (sulfide) groups is 1. The van der Waals surface area contributed by atoms with E-state index in [-0.39, 0.29) is 5.91 Å². The Balaban J connectivity index is 1.51. The third-order valence-corrected chi connectivity index (χ3v) is 6.44. The summed E-state index contributed by atoms with van der Waals surface area (Å²) >= 11 is 1.41. The Morgan fingerprint density at radius 1 is 1.29 bits per heavy atom. The van der Waals surface area contributed by atoms with Gasteiger partial charge in [-0.3, -0.25) is 4.79 Å². The van der Waals surface area contributed by atoms with Gasteiger partial charge in [0.05, 0.1) is 5.75 Å². The lowest BCUT2D eigenvalue weighted by molar-refractivity contribution is -0.119. The van der Waals surface area contributed by atoms with E-state index < -0.39 is 0 Å². The van der Waals surface area contributed by atoms with Gasteiger partial charge in [-0.15, -0.1) is 10.2 Å². The van der Waals surface area contributed by atoms with E-state index in [2.05, 4.69) is 34.6 Å². The zero-order chi connectivity index (χ0) is 20.1. The van der Waals surface area contributed by atoms with Crippen LogP contribution in [0, 0.1) is 19.8 Å². The van der Waals surface area contributed by atoms with Crippen LogP contribution in [0.25, 0.3) is 0 Å². The average Bonchev–Trinajstić information content (AvgIpc) is 3.02. The van der Waals surface area contributed by atoms with Gasteiger partial charge in [0, 0.05) is 13.1 Å². The van der Waals surface area contributed by atoms with Crippen molar-refractivity contribution in [3.8, 4) is 5.75 Å². The van der Waals surface area contributed by atoms with Gasteiger partial charge in [0.2, 0.25) is 5.91 Å². The highest BCUT2D eigenvalue weighted by Gasteiger charge is 2.23. The summed E-state index contributed by atoms with van der Waals surface area (Å²) in [5.74, 6) is 2.58. The summed E-state index contributed by atoms with van der Waals surface area (Å²) in [4.78, 5) is 12.3. The molecule has 0 radical (unpaired) electrons. The molecule has 1 N–H and O–H groups in total. The van der Waals surface area contributed by atoms with Gasteiger partial charge in [0.1, 0.15) is 12.4 Å². The molecule has 0 aliphatic heterocycles. The van der Waals surface area contributed by atoms with Gasteiger partial charge in [-0.05, 0) is 49.8 Å². The molecule has 0 saturated heterocycles. The second kappa shape index (κ2) is 9.45. The number of nitrogens with zero attached hydrogens (tertiary/aromatic N) is 3. The number of hydrogen-bond acceptors (Lipinski definition) is 5. The molecule has 2 atom stereocenters. The van der Waals surface area contributed by atoms with Crippen molar-refractivity contribution in [2.75, 3.05) is 5.75 Å². The molecule has 1 aromatic heterocycles. The van der Waals surface area contributed by atoms with Crippen LogP contribution >= 0.6 is 11.8 Å². The zero-order valence-corrected chi connectivity index (χ0v) is 18.0. The summed E-state index contributed by atoms with van der Waals surface area (Å²) in [5.41, 5.74) is 2.25. The predicted octanol–water partition coefficient (Wildman–Crippen LogP) is 3.80. The van der Waals surface area contributed by atoms with Crippen LogP contribution in [0.2, 0.25) is 0 Å². The molecule has 2 aromatic rings. The SMILES string of the molecule is Cc1ccc(C)c(OCc2nnc(SCC(=O)N[C@H]3CCCC[C@@H]3C)n2C)c1. The van der Waals surface area contributed by atoms with Gasteiger partial charge >= 0.3 is 0 Å². The molecule has 152 valence electrons. The van der Waals surface area contributed by atoms with Gasteiger partial charge < -0.3 is 14.6 Å². The average molecular weight is 403 g/mol. The maximum Gasteiger partial charge on any atom is 0.230 e. The van der Waals surface area contributed by atoms with Crippen molar-refractivity contribution in [3.63, 3.8) is 0 Å². The molecule has 0 spiro atoms. The van der Waals surface area contributed by atoms with Crippen LogP contribution in [0.3, 0.4) is 0 Å². The molecule has 1 amide bonds. The summed E-state index contributed by atoms with van der Waals surface area (Å²) in [5, 5.41) is 12.4. The number of hydrogen-bond donors (Lipinski definition) is 1. The number of carbonyl (C=O) groups excluding carboxylic acids is 1. The van der Waals surface area contributed by atoms with Gasteiger partial charge in [0.15, 0.2) is 11.0 Å². The summed E-state index contributed by atoms with van der Waals surface area (Å²) < 4.78 is 7.82. The quantitative estimate of drug-likeness (QED) is 0.714. The molecule has 1 fully saturated rings. The maximum absolute atomic E-state index is 12.3. The van der Waals surface area contributed by atoms with Crippen LogP contribution in [-0.2, 0) is 18.4 Å². The molecule has 7 heteroatoms. The van der Waals surface area contributed by atoms with E-state index in [4.69, 9.17) is 4.74 Å². The Morgan fingerprint density at radius 2 is 2.07 bits per heavy atom. The molecule has 1 heterocycles. The fourth-order valence-corrected chi connectivity index (χ4v) is 4.25. The van der Waals surface area contributed by atoms with Gasteiger partial charge in [-0.2, -0.15) is 0 Å². The molecule has 3 rings (SSSR count). The molecule has 1 aromatic carbocycles. The number of ether oxygens (including phenoxy) is 1. The lowest BCUT2D eigenvalue weighted by Gasteiger charge is -2.29. The molecular formula is C21H30N4O2S. The first-order valence-electron chi connectivity index (χ1n) is 9.94. The fraction of sp³-hybridized carbons (Fsp3) is 0.571. The predicted molar refractivity (Wildman–Crippen MR) is 112 cm³/mol. The minimum Gasteiger partial charge on any atom is -0.485 e. The van der Waals surface area contributed by atoms with Crippen LogP contribution in [0.1, 0.15) is 49.6 Å². The van der Waals surface area contributed by atoms with Crippen LogP contribution in [-0.4, -0.2) is 32.5 Å². The van der Waals surface area contributed by atoms with Crippen LogP contribution < -0.4 is 10.1 Å². The van der Waals surface area contributed by atoms with E-state index in [0.717, 1.165) is 34.3 Å².